The zero-order valence-electron chi connectivity index (χ0n) is 7.34. The fourth-order valence-corrected chi connectivity index (χ4v) is 2.28. The average Bonchev–Trinajstić information content (AvgIpc) is 2.06. The van der Waals surface area contributed by atoms with Crippen molar-refractivity contribution in [3.8, 4) is 0 Å². The van der Waals surface area contributed by atoms with Gasteiger partial charge >= 0.3 is 0 Å². The molecule has 2 aliphatic heterocycles. The Labute approximate surface area is 69.1 Å². The van der Waals surface area contributed by atoms with E-state index in [1.807, 2.05) is 0 Å². The lowest BCUT2D eigenvalue weighted by molar-refractivity contribution is 0.235. The number of fused-ring (bicyclic) bond motifs is 1. The molecule has 11 heavy (non-hydrogen) atoms. The largest absolute Gasteiger partial charge is 0.375 e. The first-order valence-corrected chi connectivity index (χ1v) is 4.83. The summed E-state index contributed by atoms with van der Waals surface area (Å²) in [4.78, 5) is 2.58. The first-order chi connectivity index (χ1) is 5.38. The number of allylic oxidation sites excluding steroid dienone is 2. The maximum atomic E-state index is 2.58. The molecule has 1 atom stereocenters. The van der Waals surface area contributed by atoms with Crippen LogP contribution in [0.25, 0.3) is 0 Å². The van der Waals surface area contributed by atoms with Crippen LogP contribution in [0.3, 0.4) is 0 Å². The molecular formula is C10H17N. The van der Waals surface area contributed by atoms with E-state index in [0.717, 1.165) is 5.92 Å². The fourth-order valence-electron chi connectivity index (χ4n) is 2.28. The number of piperidine rings is 1. The van der Waals surface area contributed by atoms with Gasteiger partial charge in [-0.25, -0.2) is 0 Å². The molecule has 62 valence electrons. The highest BCUT2D eigenvalue weighted by atomic mass is 15.1. The van der Waals surface area contributed by atoms with Gasteiger partial charge in [0.05, 0.1) is 0 Å². The zero-order chi connectivity index (χ0) is 7.68. The maximum Gasteiger partial charge on any atom is 0.0177 e. The van der Waals surface area contributed by atoms with Crippen LogP contribution in [0.1, 0.15) is 32.6 Å². The van der Waals surface area contributed by atoms with Crippen molar-refractivity contribution in [2.75, 3.05) is 13.1 Å². The summed E-state index contributed by atoms with van der Waals surface area (Å²) in [7, 11) is 0. The maximum absolute atomic E-state index is 2.58. The van der Waals surface area contributed by atoms with E-state index in [0.29, 0.717) is 0 Å². The van der Waals surface area contributed by atoms with Gasteiger partial charge in [0, 0.05) is 18.8 Å². The van der Waals surface area contributed by atoms with Crippen LogP contribution in [-0.4, -0.2) is 18.0 Å². The highest BCUT2D eigenvalue weighted by molar-refractivity contribution is 5.09. The predicted molar refractivity (Wildman–Crippen MR) is 47.3 cm³/mol. The third-order valence-corrected chi connectivity index (χ3v) is 2.92. The number of nitrogens with zero attached hydrogens (tertiary/aromatic N) is 1. The van der Waals surface area contributed by atoms with E-state index < -0.39 is 0 Å². The predicted octanol–water partition coefficient (Wildman–Crippen LogP) is 2.40. The SMILES string of the molecule is CC1CCCN2CCCC=C12. The molecule has 0 radical (unpaired) electrons. The number of hydrogen-bond acceptors (Lipinski definition) is 1. The van der Waals surface area contributed by atoms with Crippen LogP contribution in [0, 0.1) is 5.92 Å². The van der Waals surface area contributed by atoms with Gasteiger partial charge in [0.2, 0.25) is 0 Å². The summed E-state index contributed by atoms with van der Waals surface area (Å²) in [5.74, 6) is 0.837. The summed E-state index contributed by atoms with van der Waals surface area (Å²) in [6.07, 6.45) is 7.94. The summed E-state index contributed by atoms with van der Waals surface area (Å²) in [5, 5.41) is 0. The van der Waals surface area contributed by atoms with Gasteiger partial charge in [-0.15, -0.1) is 0 Å². The van der Waals surface area contributed by atoms with Gasteiger partial charge in [-0.2, -0.15) is 0 Å². The molecule has 2 heterocycles. The number of hydrogen-bond donors (Lipinski definition) is 0. The first kappa shape index (κ1) is 7.20. The standard InChI is InChI=1S/C10H17N/c1-9-5-4-8-11-7-3-2-6-10(9)11/h6,9H,2-5,7-8H2,1H3. The zero-order valence-corrected chi connectivity index (χ0v) is 7.34. The van der Waals surface area contributed by atoms with Gasteiger partial charge in [0.1, 0.15) is 0 Å². The smallest absolute Gasteiger partial charge is 0.0177 e. The molecule has 1 fully saturated rings. The third kappa shape index (κ3) is 1.29. The molecule has 0 aliphatic carbocycles. The van der Waals surface area contributed by atoms with Crippen molar-refractivity contribution in [3.63, 3.8) is 0 Å². The summed E-state index contributed by atoms with van der Waals surface area (Å²) in [5.41, 5.74) is 1.64. The highest BCUT2D eigenvalue weighted by Crippen LogP contribution is 2.29. The Bertz CT molecular complexity index is 172. The molecule has 0 amide bonds. The lowest BCUT2D eigenvalue weighted by Gasteiger charge is -2.38. The van der Waals surface area contributed by atoms with Crippen molar-refractivity contribution in [2.45, 2.75) is 32.6 Å². The quantitative estimate of drug-likeness (QED) is 0.514. The van der Waals surface area contributed by atoms with Crippen LogP contribution in [0.15, 0.2) is 11.8 Å². The molecule has 0 bridgehead atoms. The monoisotopic (exact) mass is 151 g/mol. The van der Waals surface area contributed by atoms with Crippen molar-refractivity contribution in [3.05, 3.63) is 11.8 Å². The molecule has 1 heteroatoms. The van der Waals surface area contributed by atoms with Crippen LogP contribution in [0.5, 0.6) is 0 Å². The van der Waals surface area contributed by atoms with Crippen LogP contribution < -0.4 is 0 Å². The van der Waals surface area contributed by atoms with Crippen molar-refractivity contribution < 1.29 is 0 Å². The van der Waals surface area contributed by atoms with Gasteiger partial charge in [0.25, 0.3) is 0 Å². The minimum absolute atomic E-state index is 0.837. The fraction of sp³-hybridized carbons (Fsp3) is 0.800. The van der Waals surface area contributed by atoms with E-state index in [4.69, 9.17) is 0 Å². The molecule has 0 aromatic carbocycles. The van der Waals surface area contributed by atoms with Crippen molar-refractivity contribution in [1.82, 2.24) is 4.90 Å². The minimum atomic E-state index is 0.837. The molecule has 0 aromatic heterocycles. The van der Waals surface area contributed by atoms with Crippen LogP contribution in [0.2, 0.25) is 0 Å². The molecule has 0 N–H and O–H groups in total. The Morgan fingerprint density at radius 2 is 2.18 bits per heavy atom. The van der Waals surface area contributed by atoms with E-state index in [9.17, 15) is 0 Å². The Hall–Kier alpha value is -0.460. The van der Waals surface area contributed by atoms with Crippen LogP contribution in [0.4, 0.5) is 0 Å². The normalized spacial score (nSPS) is 31.2. The second-order valence-electron chi connectivity index (χ2n) is 3.80. The molecule has 0 aromatic rings. The Balaban J connectivity index is 2.14. The second-order valence-corrected chi connectivity index (χ2v) is 3.80. The molecule has 1 saturated heterocycles. The van der Waals surface area contributed by atoms with Gasteiger partial charge in [-0.1, -0.05) is 13.0 Å². The number of rotatable bonds is 0. The first-order valence-electron chi connectivity index (χ1n) is 4.83. The highest BCUT2D eigenvalue weighted by Gasteiger charge is 2.22. The lowest BCUT2D eigenvalue weighted by atomic mass is 9.92. The van der Waals surface area contributed by atoms with Gasteiger partial charge in [-0.05, 0) is 31.6 Å². The molecule has 0 spiro atoms. The van der Waals surface area contributed by atoms with Gasteiger partial charge in [-0.3, -0.25) is 0 Å². The topological polar surface area (TPSA) is 3.24 Å². The molecule has 1 unspecified atom stereocenters. The van der Waals surface area contributed by atoms with Crippen molar-refractivity contribution >= 4 is 0 Å². The van der Waals surface area contributed by atoms with Crippen molar-refractivity contribution in [1.29, 1.82) is 0 Å². The van der Waals surface area contributed by atoms with Crippen LogP contribution >= 0.6 is 0 Å². The van der Waals surface area contributed by atoms with E-state index in [1.54, 1.807) is 5.70 Å². The average molecular weight is 151 g/mol. The Morgan fingerprint density at radius 3 is 3.00 bits per heavy atom. The minimum Gasteiger partial charge on any atom is -0.375 e. The molecule has 1 nitrogen and oxygen atoms in total. The Kier molecular flexibility index (Phi) is 1.89. The van der Waals surface area contributed by atoms with Gasteiger partial charge < -0.3 is 4.90 Å². The summed E-state index contributed by atoms with van der Waals surface area (Å²) in [6.45, 7) is 5.00. The third-order valence-electron chi connectivity index (χ3n) is 2.92. The summed E-state index contributed by atoms with van der Waals surface area (Å²) in [6, 6.07) is 0. The van der Waals surface area contributed by atoms with E-state index >= 15 is 0 Å². The molecule has 2 aliphatic rings. The molecule has 0 saturated carbocycles. The van der Waals surface area contributed by atoms with Crippen molar-refractivity contribution in [2.24, 2.45) is 5.92 Å². The van der Waals surface area contributed by atoms with Crippen LogP contribution in [-0.2, 0) is 0 Å². The summed E-state index contributed by atoms with van der Waals surface area (Å²) >= 11 is 0. The Morgan fingerprint density at radius 1 is 1.36 bits per heavy atom. The molecular weight excluding hydrogens is 134 g/mol. The summed E-state index contributed by atoms with van der Waals surface area (Å²) < 4.78 is 0. The molecule has 2 rings (SSSR count). The van der Waals surface area contributed by atoms with E-state index in [2.05, 4.69) is 17.9 Å². The second kappa shape index (κ2) is 2.88. The van der Waals surface area contributed by atoms with E-state index in [-0.39, 0.29) is 0 Å². The van der Waals surface area contributed by atoms with E-state index in [1.165, 1.54) is 38.8 Å². The lowest BCUT2D eigenvalue weighted by Crippen LogP contribution is -2.34. The van der Waals surface area contributed by atoms with Gasteiger partial charge in [0.15, 0.2) is 0 Å².